The fourth-order valence-electron chi connectivity index (χ4n) is 2.84. The number of nitro benzene ring substituents is 1. The third-order valence-electron chi connectivity index (χ3n) is 3.80. The zero-order valence-electron chi connectivity index (χ0n) is 11.6. The zero-order chi connectivity index (χ0) is 14.5. The van der Waals surface area contributed by atoms with Gasteiger partial charge in [-0.2, -0.15) is 0 Å². The molecule has 1 fully saturated rings. The largest absolute Gasteiger partial charge is 0.362 e. The van der Waals surface area contributed by atoms with Gasteiger partial charge in [0.15, 0.2) is 0 Å². The molecule has 0 spiro atoms. The van der Waals surface area contributed by atoms with Crippen LogP contribution in [0.1, 0.15) is 25.7 Å². The molecule has 0 saturated carbocycles. The van der Waals surface area contributed by atoms with Gasteiger partial charge >= 0.3 is 0 Å². The first-order valence-corrected chi connectivity index (χ1v) is 7.37. The van der Waals surface area contributed by atoms with Crippen LogP contribution >= 0.6 is 11.6 Å². The molecule has 0 aliphatic carbocycles. The van der Waals surface area contributed by atoms with Gasteiger partial charge in [0.2, 0.25) is 0 Å². The van der Waals surface area contributed by atoms with Gasteiger partial charge in [-0.15, -0.1) is 0 Å². The minimum absolute atomic E-state index is 0.105. The number of benzene rings is 1. The van der Waals surface area contributed by atoms with Crippen LogP contribution in [-0.2, 0) is 0 Å². The smallest absolute Gasteiger partial charge is 0.294 e. The van der Waals surface area contributed by atoms with Crippen molar-refractivity contribution >= 4 is 23.0 Å². The van der Waals surface area contributed by atoms with E-state index < -0.39 is 0 Å². The molecule has 0 radical (unpaired) electrons. The van der Waals surface area contributed by atoms with E-state index in [1.165, 1.54) is 12.5 Å². The summed E-state index contributed by atoms with van der Waals surface area (Å²) in [6.45, 7) is 1.73. The summed E-state index contributed by atoms with van der Waals surface area (Å²) in [5, 5.41) is 14.9. The van der Waals surface area contributed by atoms with Gasteiger partial charge in [0.25, 0.3) is 5.69 Å². The molecule has 1 saturated heterocycles. The maximum absolute atomic E-state index is 11.2. The van der Waals surface area contributed by atoms with Crippen LogP contribution in [-0.4, -0.2) is 31.1 Å². The number of rotatable bonds is 5. The van der Waals surface area contributed by atoms with Gasteiger partial charge in [-0.05, 0) is 45.3 Å². The van der Waals surface area contributed by atoms with Crippen molar-refractivity contribution < 1.29 is 4.92 Å². The Morgan fingerprint density at radius 3 is 3.00 bits per heavy atom. The third-order valence-corrected chi connectivity index (χ3v) is 4.11. The first kappa shape index (κ1) is 15.1. The summed E-state index contributed by atoms with van der Waals surface area (Å²) in [7, 11) is 1.92. The fraction of sp³-hybridized carbons (Fsp3) is 0.571. The van der Waals surface area contributed by atoms with E-state index in [0.29, 0.717) is 16.8 Å². The van der Waals surface area contributed by atoms with E-state index in [-0.39, 0.29) is 10.6 Å². The molecule has 0 amide bonds. The number of nitrogens with one attached hydrogen (secondary N) is 1. The molecule has 1 aromatic carbocycles. The van der Waals surface area contributed by atoms with Gasteiger partial charge < -0.3 is 10.2 Å². The number of anilines is 1. The molecule has 20 heavy (non-hydrogen) atoms. The average molecular weight is 298 g/mol. The van der Waals surface area contributed by atoms with Crippen molar-refractivity contribution in [1.82, 2.24) is 5.32 Å². The van der Waals surface area contributed by atoms with Crippen LogP contribution in [0.5, 0.6) is 0 Å². The van der Waals surface area contributed by atoms with Crippen molar-refractivity contribution in [3.63, 3.8) is 0 Å². The molecule has 1 atom stereocenters. The zero-order valence-corrected chi connectivity index (χ0v) is 12.4. The second kappa shape index (κ2) is 6.90. The van der Waals surface area contributed by atoms with Crippen LogP contribution in [0.25, 0.3) is 0 Å². The molecule has 1 N–H and O–H groups in total. The lowest BCUT2D eigenvalue weighted by Crippen LogP contribution is -2.41. The van der Waals surface area contributed by atoms with Crippen molar-refractivity contribution in [3.05, 3.63) is 33.3 Å². The first-order chi connectivity index (χ1) is 9.65. The predicted molar refractivity (Wildman–Crippen MR) is 81.6 cm³/mol. The van der Waals surface area contributed by atoms with Crippen molar-refractivity contribution in [2.75, 3.05) is 25.0 Å². The number of nitrogens with zero attached hydrogens (tertiary/aromatic N) is 2. The molecule has 2 rings (SSSR count). The second-order valence-electron chi connectivity index (χ2n) is 5.10. The van der Waals surface area contributed by atoms with Gasteiger partial charge in [-0.1, -0.05) is 17.7 Å². The van der Waals surface area contributed by atoms with Crippen molar-refractivity contribution in [3.8, 4) is 0 Å². The summed E-state index contributed by atoms with van der Waals surface area (Å²) in [5.74, 6) is 0. The standard InChI is InChI=1S/C14H20ClN3O2/c1-16-9-8-11-5-2-3-10-17(11)14-12(15)6-4-7-13(14)18(19)20/h4,6-7,11,16H,2-3,5,8-10H2,1H3. The molecule has 0 aromatic heterocycles. The van der Waals surface area contributed by atoms with E-state index >= 15 is 0 Å². The van der Waals surface area contributed by atoms with Gasteiger partial charge in [0, 0.05) is 18.7 Å². The van der Waals surface area contributed by atoms with Gasteiger partial charge in [-0.3, -0.25) is 10.1 Å². The molecule has 5 nitrogen and oxygen atoms in total. The number of piperidine rings is 1. The summed E-state index contributed by atoms with van der Waals surface area (Å²) < 4.78 is 0. The van der Waals surface area contributed by atoms with Crippen LogP contribution < -0.4 is 10.2 Å². The Balaban J connectivity index is 2.34. The maximum atomic E-state index is 11.2. The lowest BCUT2D eigenvalue weighted by Gasteiger charge is -2.37. The highest BCUT2D eigenvalue weighted by Gasteiger charge is 2.29. The number of para-hydroxylation sites is 1. The van der Waals surface area contributed by atoms with E-state index in [4.69, 9.17) is 11.6 Å². The quantitative estimate of drug-likeness (QED) is 0.670. The van der Waals surface area contributed by atoms with Gasteiger partial charge in [0.1, 0.15) is 5.69 Å². The first-order valence-electron chi connectivity index (χ1n) is 6.99. The van der Waals surface area contributed by atoms with Crippen molar-refractivity contribution in [1.29, 1.82) is 0 Å². The van der Waals surface area contributed by atoms with Crippen molar-refractivity contribution in [2.24, 2.45) is 0 Å². The number of halogens is 1. The van der Waals surface area contributed by atoms with E-state index in [2.05, 4.69) is 10.2 Å². The Bertz CT molecular complexity index is 481. The Kier molecular flexibility index (Phi) is 5.20. The van der Waals surface area contributed by atoms with Gasteiger partial charge in [-0.25, -0.2) is 0 Å². The lowest BCUT2D eigenvalue weighted by atomic mass is 9.98. The lowest BCUT2D eigenvalue weighted by molar-refractivity contribution is -0.384. The van der Waals surface area contributed by atoms with E-state index in [1.807, 2.05) is 7.05 Å². The minimum Gasteiger partial charge on any atom is -0.362 e. The summed E-state index contributed by atoms with van der Waals surface area (Å²) in [4.78, 5) is 13.0. The van der Waals surface area contributed by atoms with Crippen LogP contribution in [0, 0.1) is 10.1 Å². The van der Waals surface area contributed by atoms with Crippen LogP contribution in [0.4, 0.5) is 11.4 Å². The van der Waals surface area contributed by atoms with Crippen LogP contribution in [0.2, 0.25) is 5.02 Å². The number of hydrogen-bond acceptors (Lipinski definition) is 4. The van der Waals surface area contributed by atoms with Gasteiger partial charge in [0.05, 0.1) is 9.95 Å². The normalized spacial score (nSPS) is 19.1. The highest BCUT2D eigenvalue weighted by molar-refractivity contribution is 6.33. The monoisotopic (exact) mass is 297 g/mol. The molecule has 110 valence electrons. The molecule has 6 heteroatoms. The van der Waals surface area contributed by atoms with Crippen LogP contribution in [0.15, 0.2) is 18.2 Å². The van der Waals surface area contributed by atoms with E-state index in [1.54, 1.807) is 12.1 Å². The Labute approximate surface area is 124 Å². The molecule has 1 aromatic rings. The third kappa shape index (κ3) is 3.22. The number of hydrogen-bond donors (Lipinski definition) is 1. The van der Waals surface area contributed by atoms with Crippen molar-refractivity contribution in [2.45, 2.75) is 31.7 Å². The summed E-state index contributed by atoms with van der Waals surface area (Å²) in [6.07, 6.45) is 4.25. The topological polar surface area (TPSA) is 58.4 Å². The Hall–Kier alpha value is -1.33. The van der Waals surface area contributed by atoms with Crippen LogP contribution in [0.3, 0.4) is 0 Å². The molecule has 1 aliphatic heterocycles. The summed E-state index contributed by atoms with van der Waals surface area (Å²) in [6, 6.07) is 5.21. The maximum Gasteiger partial charge on any atom is 0.294 e. The predicted octanol–water partition coefficient (Wildman–Crippen LogP) is 3.22. The minimum atomic E-state index is -0.342. The Morgan fingerprint density at radius 2 is 2.30 bits per heavy atom. The molecular weight excluding hydrogens is 278 g/mol. The highest BCUT2D eigenvalue weighted by Crippen LogP contribution is 2.39. The van der Waals surface area contributed by atoms with E-state index in [0.717, 1.165) is 32.4 Å². The fourth-order valence-corrected chi connectivity index (χ4v) is 3.12. The average Bonchev–Trinajstić information content (AvgIpc) is 2.45. The highest BCUT2D eigenvalue weighted by atomic mass is 35.5. The molecule has 1 unspecified atom stereocenters. The summed E-state index contributed by atoms with van der Waals surface area (Å²) in [5.41, 5.74) is 0.689. The molecule has 0 bridgehead atoms. The Morgan fingerprint density at radius 1 is 1.50 bits per heavy atom. The van der Waals surface area contributed by atoms with E-state index in [9.17, 15) is 10.1 Å². The molecule has 1 heterocycles. The SMILES string of the molecule is CNCCC1CCCCN1c1c(Cl)cccc1[N+](=O)[O-]. The number of nitro groups is 1. The molecular formula is C14H20ClN3O2. The molecule has 1 aliphatic rings. The second-order valence-corrected chi connectivity index (χ2v) is 5.51. The summed E-state index contributed by atoms with van der Waals surface area (Å²) >= 11 is 6.24.